The number of hydrogen-bond acceptors (Lipinski definition) is 4. The molecule has 1 aliphatic heterocycles. The maximum absolute atomic E-state index is 13.1. The van der Waals surface area contributed by atoms with Crippen LogP contribution in [0.5, 0.6) is 0 Å². The van der Waals surface area contributed by atoms with E-state index in [2.05, 4.69) is 0 Å². The molecular weight excluding hydrogens is 382 g/mol. The van der Waals surface area contributed by atoms with Gasteiger partial charge in [0.25, 0.3) is 5.56 Å². The predicted octanol–water partition coefficient (Wildman–Crippen LogP) is 4.45. The molecule has 2 aromatic carbocycles. The summed E-state index contributed by atoms with van der Waals surface area (Å²) in [7, 11) is 0. The summed E-state index contributed by atoms with van der Waals surface area (Å²) in [5.74, 6) is 0.146. The summed E-state index contributed by atoms with van der Waals surface area (Å²) in [6.45, 7) is 6.07. The minimum atomic E-state index is -0.268. The first-order valence-corrected chi connectivity index (χ1v) is 11.3. The first-order valence-electron chi connectivity index (χ1n) is 10.5. The van der Waals surface area contributed by atoms with Crippen LogP contribution in [0.4, 0.5) is 0 Å². The monoisotopic (exact) mass is 409 g/mol. The van der Waals surface area contributed by atoms with Gasteiger partial charge in [0.1, 0.15) is 0 Å². The molecule has 0 spiro atoms. The Morgan fingerprint density at radius 1 is 1.10 bits per heavy atom. The van der Waals surface area contributed by atoms with Crippen LogP contribution in [-0.2, 0) is 11.3 Å². The van der Waals surface area contributed by atoms with Crippen LogP contribution in [0.25, 0.3) is 21.7 Å². The number of carbonyl (C=O) groups is 1. The second-order valence-electron chi connectivity index (χ2n) is 7.66. The van der Waals surface area contributed by atoms with E-state index >= 15 is 0 Å². The van der Waals surface area contributed by atoms with Gasteiger partial charge in [-0.1, -0.05) is 48.9 Å². The summed E-state index contributed by atoms with van der Waals surface area (Å²) in [5.41, 5.74) is 0.649. The minimum Gasteiger partial charge on any atom is -0.342 e. The summed E-state index contributed by atoms with van der Waals surface area (Å²) < 4.78 is 1.69. The Labute approximate surface area is 175 Å². The standard InChI is InChI=1S/C23H27N3O2S/c1-3-26-22(28)19-14-17-10-6-7-11-18(17)15-20(19)24-23(26)29-16(2)21(27)25-12-8-4-5-9-13-25/h6-7,10-11,14-16H,3-5,8-9,12-13H2,1-2H3/t16-/m1/s1. The van der Waals surface area contributed by atoms with Crippen LogP contribution in [0, 0.1) is 0 Å². The zero-order chi connectivity index (χ0) is 20.4. The Balaban J connectivity index is 1.69. The van der Waals surface area contributed by atoms with Crippen molar-refractivity contribution in [3.05, 3.63) is 46.8 Å². The Morgan fingerprint density at radius 2 is 1.76 bits per heavy atom. The number of rotatable bonds is 4. The fraction of sp³-hybridized carbons (Fsp3) is 0.435. The molecule has 1 atom stereocenters. The summed E-state index contributed by atoms with van der Waals surface area (Å²) >= 11 is 1.40. The van der Waals surface area contributed by atoms with E-state index in [1.807, 2.05) is 55.1 Å². The van der Waals surface area contributed by atoms with Gasteiger partial charge in [-0.25, -0.2) is 4.98 Å². The van der Waals surface area contributed by atoms with Gasteiger partial charge in [-0.15, -0.1) is 0 Å². The largest absolute Gasteiger partial charge is 0.342 e. The molecule has 1 saturated heterocycles. The smallest absolute Gasteiger partial charge is 0.262 e. The van der Waals surface area contributed by atoms with Gasteiger partial charge in [0, 0.05) is 19.6 Å². The van der Waals surface area contributed by atoms with Crippen molar-refractivity contribution >= 4 is 39.3 Å². The summed E-state index contributed by atoms with van der Waals surface area (Å²) in [6.07, 6.45) is 4.54. The van der Waals surface area contributed by atoms with Crippen molar-refractivity contribution in [1.29, 1.82) is 0 Å². The van der Waals surface area contributed by atoms with Crippen molar-refractivity contribution in [2.45, 2.75) is 56.5 Å². The van der Waals surface area contributed by atoms with E-state index in [1.165, 1.54) is 24.6 Å². The number of fused-ring (bicyclic) bond motifs is 2. The van der Waals surface area contributed by atoms with E-state index in [4.69, 9.17) is 4.98 Å². The molecule has 1 amide bonds. The number of likely N-dealkylation sites (tertiary alicyclic amines) is 1. The van der Waals surface area contributed by atoms with Crippen molar-refractivity contribution in [2.75, 3.05) is 13.1 Å². The summed E-state index contributed by atoms with van der Waals surface area (Å²) in [6, 6.07) is 11.9. The van der Waals surface area contributed by atoms with Gasteiger partial charge in [-0.3, -0.25) is 14.2 Å². The maximum Gasteiger partial charge on any atom is 0.262 e. The van der Waals surface area contributed by atoms with Crippen LogP contribution < -0.4 is 5.56 Å². The number of benzene rings is 2. The number of hydrogen-bond donors (Lipinski definition) is 0. The predicted molar refractivity (Wildman–Crippen MR) is 120 cm³/mol. The molecule has 0 bridgehead atoms. The number of thioether (sulfide) groups is 1. The molecule has 0 aliphatic carbocycles. The Kier molecular flexibility index (Phi) is 5.90. The third kappa shape index (κ3) is 4.04. The lowest BCUT2D eigenvalue weighted by Gasteiger charge is -2.24. The molecule has 6 heteroatoms. The van der Waals surface area contributed by atoms with E-state index in [1.54, 1.807) is 4.57 Å². The van der Waals surface area contributed by atoms with Crippen molar-refractivity contribution in [2.24, 2.45) is 0 Å². The molecule has 1 aromatic heterocycles. The molecule has 1 fully saturated rings. The SMILES string of the molecule is CCn1c(S[C@H](C)C(=O)N2CCCCCC2)nc2cc3ccccc3cc2c1=O. The maximum atomic E-state index is 13.1. The first kappa shape index (κ1) is 20.0. The summed E-state index contributed by atoms with van der Waals surface area (Å²) in [5, 5.41) is 3.07. The molecule has 1 aliphatic rings. The van der Waals surface area contributed by atoms with Crippen molar-refractivity contribution in [3.63, 3.8) is 0 Å². The number of amides is 1. The van der Waals surface area contributed by atoms with Crippen molar-refractivity contribution < 1.29 is 4.79 Å². The number of aromatic nitrogens is 2. The fourth-order valence-corrected chi connectivity index (χ4v) is 5.07. The van der Waals surface area contributed by atoms with Crippen molar-refractivity contribution in [1.82, 2.24) is 14.5 Å². The number of carbonyl (C=O) groups excluding carboxylic acids is 1. The molecule has 2 heterocycles. The van der Waals surface area contributed by atoms with E-state index in [-0.39, 0.29) is 16.7 Å². The van der Waals surface area contributed by atoms with Gasteiger partial charge in [-0.05, 0) is 49.6 Å². The van der Waals surface area contributed by atoms with Gasteiger partial charge in [0.05, 0.1) is 16.2 Å². The third-order valence-corrected chi connectivity index (χ3v) is 6.73. The van der Waals surface area contributed by atoms with Crippen LogP contribution in [0.3, 0.4) is 0 Å². The lowest BCUT2D eigenvalue weighted by molar-refractivity contribution is -0.130. The second-order valence-corrected chi connectivity index (χ2v) is 8.97. The minimum absolute atomic E-state index is 0.0415. The lowest BCUT2D eigenvalue weighted by Crippen LogP contribution is -2.37. The number of nitrogens with zero attached hydrogens (tertiary/aromatic N) is 3. The first-order chi connectivity index (χ1) is 14.1. The van der Waals surface area contributed by atoms with Crippen LogP contribution in [-0.4, -0.2) is 38.7 Å². The molecule has 5 nitrogen and oxygen atoms in total. The van der Waals surface area contributed by atoms with Crippen LogP contribution in [0.1, 0.15) is 39.5 Å². The molecule has 4 rings (SSSR count). The van der Waals surface area contributed by atoms with Crippen LogP contribution >= 0.6 is 11.8 Å². The van der Waals surface area contributed by atoms with E-state index in [0.717, 1.165) is 36.7 Å². The van der Waals surface area contributed by atoms with Gasteiger partial charge in [0.2, 0.25) is 5.91 Å². The van der Waals surface area contributed by atoms with Gasteiger partial charge >= 0.3 is 0 Å². The molecule has 0 saturated carbocycles. The topological polar surface area (TPSA) is 55.2 Å². The van der Waals surface area contributed by atoms with Gasteiger partial charge in [-0.2, -0.15) is 0 Å². The zero-order valence-corrected chi connectivity index (χ0v) is 17.9. The molecule has 3 aromatic rings. The highest BCUT2D eigenvalue weighted by Crippen LogP contribution is 2.26. The van der Waals surface area contributed by atoms with Crippen molar-refractivity contribution in [3.8, 4) is 0 Å². The molecule has 0 unspecified atom stereocenters. The zero-order valence-electron chi connectivity index (χ0n) is 17.1. The Hall–Kier alpha value is -2.34. The second kappa shape index (κ2) is 8.57. The van der Waals surface area contributed by atoms with E-state index in [0.29, 0.717) is 22.6 Å². The fourth-order valence-electron chi connectivity index (χ4n) is 4.01. The van der Waals surface area contributed by atoms with Crippen LogP contribution in [0.2, 0.25) is 0 Å². The van der Waals surface area contributed by atoms with E-state index in [9.17, 15) is 9.59 Å². The quantitative estimate of drug-likeness (QED) is 0.363. The highest BCUT2D eigenvalue weighted by molar-refractivity contribution is 8.00. The van der Waals surface area contributed by atoms with E-state index < -0.39 is 0 Å². The molecule has 0 N–H and O–H groups in total. The Morgan fingerprint density at radius 3 is 2.41 bits per heavy atom. The average Bonchev–Trinajstić information content (AvgIpc) is 3.02. The normalized spacial score (nSPS) is 16.1. The molecule has 29 heavy (non-hydrogen) atoms. The average molecular weight is 410 g/mol. The Bertz CT molecular complexity index is 1100. The van der Waals surface area contributed by atoms with Gasteiger partial charge in [0.15, 0.2) is 5.16 Å². The summed E-state index contributed by atoms with van der Waals surface area (Å²) in [4.78, 5) is 32.9. The van der Waals surface area contributed by atoms with Gasteiger partial charge < -0.3 is 4.90 Å². The highest BCUT2D eigenvalue weighted by Gasteiger charge is 2.24. The molecule has 152 valence electrons. The molecular formula is C23H27N3O2S. The van der Waals surface area contributed by atoms with Crippen LogP contribution in [0.15, 0.2) is 46.3 Å². The molecule has 0 radical (unpaired) electrons. The third-order valence-electron chi connectivity index (χ3n) is 5.65. The lowest BCUT2D eigenvalue weighted by atomic mass is 10.1. The highest BCUT2D eigenvalue weighted by atomic mass is 32.2.